The molecule has 0 heterocycles. The van der Waals surface area contributed by atoms with Gasteiger partial charge in [0, 0.05) is 6.42 Å². The zero-order valence-electron chi connectivity index (χ0n) is 9.88. The van der Waals surface area contributed by atoms with Crippen LogP contribution in [0.5, 0.6) is 5.75 Å². The first kappa shape index (κ1) is 15.0. The summed E-state index contributed by atoms with van der Waals surface area (Å²) in [5.41, 5.74) is 0.731. The van der Waals surface area contributed by atoms with Gasteiger partial charge in [-0.05, 0) is 17.7 Å². The topological polar surface area (TPSA) is 86.6 Å². The van der Waals surface area contributed by atoms with Crippen LogP contribution in [0, 0.1) is 0 Å². The van der Waals surface area contributed by atoms with E-state index < -0.39 is 12.0 Å². The minimum Gasteiger partial charge on any atom is -1.00 e. The van der Waals surface area contributed by atoms with Crippen LogP contribution in [0.1, 0.15) is 6.99 Å². The molecule has 1 amide bonds. The monoisotopic (exact) mass is 233 g/mol. The zero-order valence-corrected chi connectivity index (χ0v) is 10.9. The van der Waals surface area contributed by atoms with Crippen LogP contribution in [0.2, 0.25) is 0 Å². The van der Waals surface area contributed by atoms with Crippen LogP contribution in [-0.2, 0) is 16.0 Å². The van der Waals surface area contributed by atoms with E-state index in [2.05, 4.69) is 5.32 Å². The second kappa shape index (κ2) is 7.27. The normalized spacial score (nSPS) is 11.0. The number of carbonyl (C=O) groups excluding carboxylic acids is 1. The van der Waals surface area contributed by atoms with Crippen molar-refractivity contribution in [2.24, 2.45) is 0 Å². The molecule has 0 saturated carbocycles. The maximum atomic E-state index is 10.7. The Balaban J connectivity index is 0. The molecule has 1 aromatic rings. The van der Waals surface area contributed by atoms with Gasteiger partial charge in [0.25, 0.3) is 0 Å². The summed E-state index contributed by atoms with van der Waals surface area (Å²) in [7, 11) is 0. The molecule has 1 unspecified atom stereocenters. The molecule has 0 radical (unpaired) electrons. The quantitative estimate of drug-likeness (QED) is 0.380. The van der Waals surface area contributed by atoms with Crippen molar-refractivity contribution in [3.63, 3.8) is 0 Å². The average molecular weight is 233 g/mol. The molecule has 16 heavy (non-hydrogen) atoms. The van der Waals surface area contributed by atoms with Crippen LogP contribution in [0.15, 0.2) is 24.3 Å². The van der Waals surface area contributed by atoms with E-state index in [0.717, 1.165) is 5.56 Å². The number of hydrogen-bond acceptors (Lipinski definition) is 3. The van der Waals surface area contributed by atoms with Crippen LogP contribution in [0.25, 0.3) is 0 Å². The number of aromatic hydroxyl groups is 1. The fourth-order valence-electron chi connectivity index (χ4n) is 1.17. The maximum Gasteiger partial charge on any atom is 1.00 e. The molecule has 0 aliphatic carbocycles. The van der Waals surface area contributed by atoms with Gasteiger partial charge in [-0.1, -0.05) is 12.1 Å². The number of carbonyl (C=O) groups is 2. The third-order valence-corrected chi connectivity index (χ3v) is 1.94. The molecule has 3 N–H and O–H groups in total. The SMILES string of the molecule is O=CNC(Cc1ccc(O)cc1)C(=O)O.[H-].[Na+]. The van der Waals surface area contributed by atoms with Gasteiger partial charge in [-0.2, -0.15) is 0 Å². The van der Waals surface area contributed by atoms with Gasteiger partial charge in [-0.25, -0.2) is 4.79 Å². The Morgan fingerprint density at radius 1 is 1.44 bits per heavy atom. The summed E-state index contributed by atoms with van der Waals surface area (Å²) < 4.78 is 0. The number of aliphatic carboxylic acids is 1. The van der Waals surface area contributed by atoms with E-state index in [1.165, 1.54) is 12.1 Å². The first-order valence-corrected chi connectivity index (χ1v) is 4.34. The van der Waals surface area contributed by atoms with Gasteiger partial charge in [0.05, 0.1) is 0 Å². The largest absolute Gasteiger partial charge is 1.00 e. The molecule has 0 saturated heterocycles. The van der Waals surface area contributed by atoms with Gasteiger partial charge in [-0.3, -0.25) is 4.79 Å². The molecule has 0 bridgehead atoms. The van der Waals surface area contributed by atoms with Gasteiger partial charge in [0.15, 0.2) is 0 Å². The predicted octanol–water partition coefficient (Wildman–Crippen LogP) is -2.75. The summed E-state index contributed by atoms with van der Waals surface area (Å²) in [6, 6.07) is 5.21. The molecule has 5 nitrogen and oxygen atoms in total. The summed E-state index contributed by atoms with van der Waals surface area (Å²) in [5, 5.41) is 20.0. The molecule has 0 fully saturated rings. The number of phenolic OH excluding ortho intramolecular Hbond substituents is 1. The van der Waals surface area contributed by atoms with Crippen molar-refractivity contribution in [3.05, 3.63) is 29.8 Å². The molecule has 82 valence electrons. The number of nitrogens with one attached hydrogen (secondary N) is 1. The second-order valence-corrected chi connectivity index (χ2v) is 3.05. The first-order chi connectivity index (χ1) is 7.13. The van der Waals surface area contributed by atoms with Crippen molar-refractivity contribution >= 4 is 12.4 Å². The van der Waals surface area contributed by atoms with Crippen LogP contribution < -0.4 is 34.9 Å². The number of rotatable bonds is 5. The van der Waals surface area contributed by atoms with Crippen molar-refractivity contribution in [3.8, 4) is 5.75 Å². The Labute approximate surface area is 116 Å². The van der Waals surface area contributed by atoms with Gasteiger partial charge < -0.3 is 17.0 Å². The van der Waals surface area contributed by atoms with Crippen molar-refractivity contribution in [2.45, 2.75) is 12.5 Å². The van der Waals surface area contributed by atoms with Crippen molar-refractivity contribution in [1.29, 1.82) is 0 Å². The molecule has 1 aromatic carbocycles. The summed E-state index contributed by atoms with van der Waals surface area (Å²) in [6.45, 7) is 0. The number of carboxylic acids is 1. The average Bonchev–Trinajstić information content (AvgIpc) is 2.20. The van der Waals surface area contributed by atoms with E-state index in [1.54, 1.807) is 12.1 Å². The summed E-state index contributed by atoms with van der Waals surface area (Å²) in [6.07, 6.45) is 0.549. The van der Waals surface area contributed by atoms with Gasteiger partial charge in [-0.15, -0.1) is 0 Å². The number of benzene rings is 1. The molecular weight excluding hydrogens is 221 g/mol. The minimum atomic E-state index is -1.09. The van der Waals surface area contributed by atoms with E-state index >= 15 is 0 Å². The van der Waals surface area contributed by atoms with Gasteiger partial charge >= 0.3 is 35.5 Å². The van der Waals surface area contributed by atoms with Crippen molar-refractivity contribution in [2.75, 3.05) is 0 Å². The van der Waals surface area contributed by atoms with E-state index in [4.69, 9.17) is 10.2 Å². The molecule has 0 aliphatic rings. The molecule has 1 rings (SSSR count). The number of amides is 1. The summed E-state index contributed by atoms with van der Waals surface area (Å²) >= 11 is 0. The molecule has 0 aliphatic heterocycles. The molecule has 1 atom stereocenters. The first-order valence-electron chi connectivity index (χ1n) is 4.34. The third kappa shape index (κ3) is 4.65. The number of phenols is 1. The Kier molecular flexibility index (Phi) is 6.80. The number of hydrogen-bond donors (Lipinski definition) is 3. The van der Waals surface area contributed by atoms with Crippen molar-refractivity contribution in [1.82, 2.24) is 5.32 Å². The Morgan fingerprint density at radius 3 is 2.44 bits per heavy atom. The fourth-order valence-corrected chi connectivity index (χ4v) is 1.17. The Hall–Kier alpha value is -1.04. The van der Waals surface area contributed by atoms with Gasteiger partial charge in [0.1, 0.15) is 11.8 Å². The van der Waals surface area contributed by atoms with E-state index in [1.807, 2.05) is 0 Å². The van der Waals surface area contributed by atoms with Crippen LogP contribution in [0.3, 0.4) is 0 Å². The van der Waals surface area contributed by atoms with Crippen LogP contribution in [0.4, 0.5) is 0 Å². The molecule has 0 aromatic heterocycles. The van der Waals surface area contributed by atoms with Crippen molar-refractivity contribution < 1.29 is 50.8 Å². The molecule has 6 heteroatoms. The van der Waals surface area contributed by atoms with E-state index in [-0.39, 0.29) is 43.2 Å². The second-order valence-electron chi connectivity index (χ2n) is 3.05. The fraction of sp³-hybridized carbons (Fsp3) is 0.200. The molecule has 0 spiro atoms. The standard InChI is InChI=1S/C10H11NO4.Na.H/c12-6-11-9(10(14)15)5-7-1-3-8(13)4-2-7;;/h1-4,6,9,13H,5H2,(H,11,12)(H,14,15);;/q;+1;-1. The smallest absolute Gasteiger partial charge is 1.00 e. The van der Waals surface area contributed by atoms with Crippen LogP contribution >= 0.6 is 0 Å². The van der Waals surface area contributed by atoms with E-state index in [9.17, 15) is 9.59 Å². The Bertz CT molecular complexity index is 358. The molecular formula is C10H12NNaO4. The predicted molar refractivity (Wildman–Crippen MR) is 53.5 cm³/mol. The zero-order chi connectivity index (χ0) is 11.3. The van der Waals surface area contributed by atoms with Crippen LogP contribution in [-0.4, -0.2) is 28.6 Å². The summed E-state index contributed by atoms with van der Waals surface area (Å²) in [4.78, 5) is 20.8. The number of carboxylic acid groups (broad SMARTS) is 1. The minimum absolute atomic E-state index is 0. The maximum absolute atomic E-state index is 10.7. The third-order valence-electron chi connectivity index (χ3n) is 1.94. The van der Waals surface area contributed by atoms with Gasteiger partial charge in [0.2, 0.25) is 6.41 Å². The summed E-state index contributed by atoms with van der Waals surface area (Å²) in [5.74, 6) is -0.968. The Morgan fingerprint density at radius 2 is 2.00 bits per heavy atom. The van der Waals surface area contributed by atoms with E-state index in [0.29, 0.717) is 6.41 Å².